The van der Waals surface area contributed by atoms with Crippen molar-refractivity contribution in [3.05, 3.63) is 54.6 Å². The Morgan fingerprint density at radius 3 is 2.17 bits per heavy atom. The fourth-order valence-corrected chi connectivity index (χ4v) is 4.15. The van der Waals surface area contributed by atoms with E-state index in [0.29, 0.717) is 17.4 Å². The summed E-state index contributed by atoms with van der Waals surface area (Å²) in [6.45, 7) is 2.60. The van der Waals surface area contributed by atoms with E-state index in [1.165, 1.54) is 0 Å². The lowest BCUT2D eigenvalue weighted by atomic mass is 9.98. The number of nitrogens with one attached hydrogen (secondary N) is 1. The fourth-order valence-electron chi connectivity index (χ4n) is 3.03. The van der Waals surface area contributed by atoms with Crippen LogP contribution in [0, 0.1) is 5.92 Å². The highest BCUT2D eigenvalue weighted by molar-refractivity contribution is 7.89. The molecule has 0 bridgehead atoms. The Morgan fingerprint density at radius 2 is 1.54 bits per heavy atom. The van der Waals surface area contributed by atoms with Gasteiger partial charge in [0.1, 0.15) is 0 Å². The fraction of sp³-hybridized carbons (Fsp3) is 0.368. The molecular formula is C19H24N2O2S. The van der Waals surface area contributed by atoms with Gasteiger partial charge in [0.2, 0.25) is 10.0 Å². The third-order valence-corrected chi connectivity index (χ3v) is 6.11. The summed E-state index contributed by atoms with van der Waals surface area (Å²) in [5, 5.41) is 0. The number of benzene rings is 2. The second-order valence-electron chi connectivity index (χ2n) is 6.49. The summed E-state index contributed by atoms with van der Waals surface area (Å²) < 4.78 is 27.7. The van der Waals surface area contributed by atoms with Crippen LogP contribution in [0.25, 0.3) is 11.1 Å². The van der Waals surface area contributed by atoms with Crippen molar-refractivity contribution in [2.45, 2.75) is 17.7 Å². The first kappa shape index (κ1) is 17.1. The van der Waals surface area contributed by atoms with Crippen LogP contribution in [0.2, 0.25) is 0 Å². The lowest BCUT2D eigenvalue weighted by molar-refractivity contribution is 0.220. The zero-order valence-corrected chi connectivity index (χ0v) is 14.8. The molecule has 0 saturated carbocycles. The van der Waals surface area contributed by atoms with E-state index in [1.54, 1.807) is 12.1 Å². The van der Waals surface area contributed by atoms with E-state index in [1.807, 2.05) is 42.5 Å². The third-order valence-electron chi connectivity index (χ3n) is 4.67. The Morgan fingerprint density at radius 1 is 0.958 bits per heavy atom. The van der Waals surface area contributed by atoms with Crippen molar-refractivity contribution >= 4 is 10.0 Å². The standard InChI is InChI=1S/C19H24N2O2S/c1-21-13-11-16(12-14-21)15-20-24(22,23)19-9-7-18(8-10-19)17-5-3-2-4-6-17/h2-10,16,20H,11-15H2,1H3. The molecule has 0 amide bonds. The number of likely N-dealkylation sites (tertiary alicyclic amines) is 1. The summed E-state index contributed by atoms with van der Waals surface area (Å²) in [6.07, 6.45) is 2.10. The molecule has 0 unspecified atom stereocenters. The molecule has 0 aliphatic carbocycles. The summed E-state index contributed by atoms with van der Waals surface area (Å²) in [6, 6.07) is 17.0. The molecule has 1 fully saturated rings. The van der Waals surface area contributed by atoms with Crippen LogP contribution < -0.4 is 4.72 Å². The Hall–Kier alpha value is -1.69. The Bertz CT molecular complexity index is 750. The molecule has 2 aromatic rings. The SMILES string of the molecule is CN1CCC(CNS(=O)(=O)c2ccc(-c3ccccc3)cc2)CC1. The minimum atomic E-state index is -3.44. The summed E-state index contributed by atoms with van der Waals surface area (Å²) in [5.74, 6) is 0.430. The molecule has 2 aromatic carbocycles. The quantitative estimate of drug-likeness (QED) is 0.907. The highest BCUT2D eigenvalue weighted by Gasteiger charge is 2.20. The van der Waals surface area contributed by atoms with Gasteiger partial charge in [-0.1, -0.05) is 42.5 Å². The third kappa shape index (κ3) is 4.23. The van der Waals surface area contributed by atoms with Gasteiger partial charge < -0.3 is 4.90 Å². The number of rotatable bonds is 5. The molecule has 3 rings (SSSR count). The summed E-state index contributed by atoms with van der Waals surface area (Å²) >= 11 is 0. The van der Waals surface area contributed by atoms with Gasteiger partial charge in [-0.05, 0) is 62.2 Å². The molecular weight excluding hydrogens is 320 g/mol. The monoisotopic (exact) mass is 344 g/mol. The van der Waals surface area contributed by atoms with Crippen LogP contribution in [0.3, 0.4) is 0 Å². The minimum Gasteiger partial charge on any atom is -0.306 e. The first-order chi connectivity index (χ1) is 11.5. The molecule has 4 nitrogen and oxygen atoms in total. The van der Waals surface area contributed by atoms with Gasteiger partial charge in [-0.3, -0.25) is 0 Å². The molecule has 1 heterocycles. The van der Waals surface area contributed by atoms with Gasteiger partial charge in [0, 0.05) is 6.54 Å². The molecule has 5 heteroatoms. The maximum absolute atomic E-state index is 12.5. The number of hydrogen-bond donors (Lipinski definition) is 1. The van der Waals surface area contributed by atoms with Crippen LogP contribution in [-0.4, -0.2) is 40.0 Å². The Balaban J connectivity index is 1.64. The lowest BCUT2D eigenvalue weighted by Crippen LogP contribution is -2.36. The first-order valence-corrected chi connectivity index (χ1v) is 9.86. The van der Waals surface area contributed by atoms with Gasteiger partial charge in [-0.25, -0.2) is 13.1 Å². The largest absolute Gasteiger partial charge is 0.306 e. The smallest absolute Gasteiger partial charge is 0.240 e. The normalized spacial score (nSPS) is 17.0. The van der Waals surface area contributed by atoms with Crippen molar-refractivity contribution in [2.75, 3.05) is 26.7 Å². The second-order valence-corrected chi connectivity index (χ2v) is 8.26. The average molecular weight is 344 g/mol. The van der Waals surface area contributed by atoms with Crippen LogP contribution in [0.15, 0.2) is 59.5 Å². The van der Waals surface area contributed by atoms with Crippen molar-refractivity contribution in [1.82, 2.24) is 9.62 Å². The molecule has 0 atom stereocenters. The van der Waals surface area contributed by atoms with Gasteiger partial charge in [-0.15, -0.1) is 0 Å². The number of sulfonamides is 1. The Labute approximate surface area is 144 Å². The van der Waals surface area contributed by atoms with Crippen molar-refractivity contribution in [3.63, 3.8) is 0 Å². The van der Waals surface area contributed by atoms with Gasteiger partial charge in [0.25, 0.3) is 0 Å². The summed E-state index contributed by atoms with van der Waals surface area (Å²) in [5.41, 5.74) is 2.10. The van der Waals surface area contributed by atoms with Gasteiger partial charge >= 0.3 is 0 Å². The Kier molecular flexibility index (Phi) is 5.33. The lowest BCUT2D eigenvalue weighted by Gasteiger charge is -2.28. The van der Waals surface area contributed by atoms with E-state index in [9.17, 15) is 8.42 Å². The molecule has 1 aliphatic rings. The van der Waals surface area contributed by atoms with E-state index in [2.05, 4.69) is 16.7 Å². The molecule has 0 aromatic heterocycles. The second kappa shape index (κ2) is 7.47. The molecule has 128 valence electrons. The van der Waals surface area contributed by atoms with Crippen molar-refractivity contribution in [1.29, 1.82) is 0 Å². The molecule has 1 aliphatic heterocycles. The van der Waals surface area contributed by atoms with Crippen LogP contribution in [0.1, 0.15) is 12.8 Å². The van der Waals surface area contributed by atoms with Gasteiger partial charge in [0.15, 0.2) is 0 Å². The van der Waals surface area contributed by atoms with Gasteiger partial charge in [-0.2, -0.15) is 0 Å². The zero-order valence-electron chi connectivity index (χ0n) is 14.0. The topological polar surface area (TPSA) is 49.4 Å². The molecule has 1 N–H and O–H groups in total. The summed E-state index contributed by atoms with van der Waals surface area (Å²) in [4.78, 5) is 2.61. The van der Waals surface area contributed by atoms with Crippen LogP contribution in [-0.2, 0) is 10.0 Å². The first-order valence-electron chi connectivity index (χ1n) is 8.38. The van der Waals surface area contributed by atoms with E-state index < -0.39 is 10.0 Å². The van der Waals surface area contributed by atoms with Gasteiger partial charge in [0.05, 0.1) is 4.90 Å². The predicted molar refractivity (Wildman–Crippen MR) is 97.3 cm³/mol. The van der Waals surface area contributed by atoms with Crippen molar-refractivity contribution in [3.8, 4) is 11.1 Å². The maximum atomic E-state index is 12.5. The van der Waals surface area contributed by atoms with Crippen molar-refractivity contribution in [2.24, 2.45) is 5.92 Å². The highest BCUT2D eigenvalue weighted by atomic mass is 32.2. The van der Waals surface area contributed by atoms with E-state index in [0.717, 1.165) is 37.1 Å². The predicted octanol–water partition coefficient (Wildman–Crippen LogP) is 2.97. The number of nitrogens with zero attached hydrogens (tertiary/aromatic N) is 1. The van der Waals surface area contributed by atoms with Crippen LogP contribution in [0.5, 0.6) is 0 Å². The number of hydrogen-bond acceptors (Lipinski definition) is 3. The average Bonchev–Trinajstić information content (AvgIpc) is 2.62. The maximum Gasteiger partial charge on any atom is 0.240 e. The number of piperidine rings is 1. The molecule has 24 heavy (non-hydrogen) atoms. The van der Waals surface area contributed by atoms with E-state index in [-0.39, 0.29) is 0 Å². The van der Waals surface area contributed by atoms with Crippen molar-refractivity contribution < 1.29 is 8.42 Å². The van der Waals surface area contributed by atoms with Crippen LogP contribution >= 0.6 is 0 Å². The van der Waals surface area contributed by atoms with E-state index in [4.69, 9.17) is 0 Å². The molecule has 0 radical (unpaired) electrons. The molecule has 1 saturated heterocycles. The molecule has 0 spiro atoms. The van der Waals surface area contributed by atoms with E-state index >= 15 is 0 Å². The summed E-state index contributed by atoms with van der Waals surface area (Å²) in [7, 11) is -1.33. The minimum absolute atomic E-state index is 0.329. The highest BCUT2D eigenvalue weighted by Crippen LogP contribution is 2.21. The zero-order chi connectivity index (χ0) is 17.0. The van der Waals surface area contributed by atoms with Crippen LogP contribution in [0.4, 0.5) is 0 Å².